The molecule has 0 bridgehead atoms. The Kier molecular flexibility index (Phi) is 3.48. The van der Waals surface area contributed by atoms with Crippen molar-refractivity contribution in [2.75, 3.05) is 5.73 Å². The third-order valence-electron chi connectivity index (χ3n) is 2.98. The third-order valence-corrected chi connectivity index (χ3v) is 2.98. The van der Waals surface area contributed by atoms with E-state index in [0.717, 1.165) is 10.1 Å². The Hall–Kier alpha value is -3.29. The van der Waals surface area contributed by atoms with Gasteiger partial charge in [0, 0.05) is 0 Å². The number of aromatic amines is 1. The maximum absolute atomic E-state index is 11.9. The van der Waals surface area contributed by atoms with Crippen molar-refractivity contribution in [3.8, 4) is 0 Å². The summed E-state index contributed by atoms with van der Waals surface area (Å²) in [4.78, 5) is 27.8. The van der Waals surface area contributed by atoms with Crippen LogP contribution in [0.3, 0.4) is 0 Å². The molecule has 8 nitrogen and oxygen atoms in total. The number of rotatable bonds is 4. The summed E-state index contributed by atoms with van der Waals surface area (Å²) in [7, 11) is 0. The Morgan fingerprint density at radius 2 is 2.05 bits per heavy atom. The molecule has 0 spiro atoms. The number of nitrogens with zero attached hydrogens (tertiary/aromatic N) is 4. The first-order valence-corrected chi connectivity index (χ1v) is 6.49. The van der Waals surface area contributed by atoms with E-state index in [1.54, 1.807) is 6.08 Å². The van der Waals surface area contributed by atoms with Crippen molar-refractivity contribution in [2.24, 2.45) is 0 Å². The average Bonchev–Trinajstić information content (AvgIpc) is 2.87. The van der Waals surface area contributed by atoms with E-state index in [0.29, 0.717) is 0 Å². The van der Waals surface area contributed by atoms with Gasteiger partial charge in [0.2, 0.25) is 5.95 Å². The molecule has 0 saturated heterocycles. The fraction of sp³-hybridized carbons (Fsp3) is 0.0714. The molecule has 0 fully saturated rings. The van der Waals surface area contributed by atoms with E-state index in [1.165, 1.54) is 6.08 Å². The predicted octanol–water partition coefficient (Wildman–Crippen LogP) is 0.220. The first-order chi connectivity index (χ1) is 10.6. The fourth-order valence-electron chi connectivity index (χ4n) is 1.90. The fourth-order valence-corrected chi connectivity index (χ4v) is 1.90. The molecule has 0 aliphatic rings. The van der Waals surface area contributed by atoms with E-state index in [4.69, 9.17) is 5.73 Å². The molecule has 0 saturated carbocycles. The van der Waals surface area contributed by atoms with Gasteiger partial charge in [0.15, 0.2) is 5.78 Å². The Bertz CT molecular complexity index is 910. The highest BCUT2D eigenvalue weighted by Gasteiger charge is 2.11. The zero-order chi connectivity index (χ0) is 15.5. The van der Waals surface area contributed by atoms with Crippen LogP contribution in [0.5, 0.6) is 0 Å². The molecule has 22 heavy (non-hydrogen) atoms. The first-order valence-electron chi connectivity index (χ1n) is 6.49. The molecule has 2 aromatic heterocycles. The van der Waals surface area contributed by atoms with E-state index in [1.807, 2.05) is 30.3 Å². The van der Waals surface area contributed by atoms with E-state index in [-0.39, 0.29) is 29.6 Å². The number of hydrogen-bond donors (Lipinski definition) is 2. The smallest absolute Gasteiger partial charge is 0.285 e. The first kappa shape index (κ1) is 13.7. The van der Waals surface area contributed by atoms with Crippen LogP contribution in [0.1, 0.15) is 11.3 Å². The molecule has 0 atom stereocenters. The lowest BCUT2D eigenvalue weighted by Crippen LogP contribution is -2.21. The number of hydrogen-bond acceptors (Lipinski definition) is 6. The van der Waals surface area contributed by atoms with Crippen LogP contribution in [0.25, 0.3) is 11.9 Å². The van der Waals surface area contributed by atoms with Gasteiger partial charge >= 0.3 is 0 Å². The Balaban J connectivity index is 1.81. The number of carbonyl (C=O) groups excluding carboxylic acids is 1. The summed E-state index contributed by atoms with van der Waals surface area (Å²) >= 11 is 0. The number of ketones is 1. The van der Waals surface area contributed by atoms with E-state index < -0.39 is 5.56 Å². The van der Waals surface area contributed by atoms with Crippen LogP contribution in [0.4, 0.5) is 5.95 Å². The molecule has 3 aromatic rings. The van der Waals surface area contributed by atoms with Gasteiger partial charge in [-0.3, -0.25) is 14.7 Å². The lowest BCUT2D eigenvalue weighted by atomic mass is 10.1. The van der Waals surface area contributed by atoms with Crippen LogP contribution >= 0.6 is 0 Å². The van der Waals surface area contributed by atoms with Crippen LogP contribution in [-0.2, 0) is 11.2 Å². The summed E-state index contributed by atoms with van der Waals surface area (Å²) in [5.41, 5.74) is 5.98. The van der Waals surface area contributed by atoms with Crippen LogP contribution in [0, 0.1) is 0 Å². The van der Waals surface area contributed by atoms with Crippen molar-refractivity contribution >= 4 is 23.6 Å². The zero-order valence-corrected chi connectivity index (χ0v) is 11.4. The standard InChI is InChI=1S/C14H12N6O2/c15-13-17-18-14-16-11(12(22)19-20(13)14)8-10(21)7-6-9-4-2-1-3-5-9/h1-7H,8H2,(H2,15,17)(H,19,22). The number of anilines is 1. The minimum absolute atomic E-state index is 0.0291. The minimum atomic E-state index is -0.500. The topological polar surface area (TPSA) is 119 Å². The molecule has 0 radical (unpaired) electrons. The monoisotopic (exact) mass is 296 g/mol. The number of benzene rings is 1. The SMILES string of the molecule is Nc1nnc2nc(CC(=O)C=Cc3ccccc3)c(=O)[nH]n12. The summed E-state index contributed by atoms with van der Waals surface area (Å²) in [6, 6.07) is 9.39. The van der Waals surface area contributed by atoms with Crippen molar-refractivity contribution < 1.29 is 4.79 Å². The second-order valence-electron chi connectivity index (χ2n) is 4.58. The minimum Gasteiger partial charge on any atom is -0.366 e. The molecular formula is C14H12N6O2. The Morgan fingerprint density at radius 3 is 2.82 bits per heavy atom. The van der Waals surface area contributed by atoms with Gasteiger partial charge in [0.1, 0.15) is 5.69 Å². The van der Waals surface area contributed by atoms with E-state index >= 15 is 0 Å². The van der Waals surface area contributed by atoms with Gasteiger partial charge in [0.25, 0.3) is 11.3 Å². The quantitative estimate of drug-likeness (QED) is 0.665. The molecule has 2 heterocycles. The number of nitrogens with one attached hydrogen (secondary N) is 1. The van der Waals surface area contributed by atoms with Gasteiger partial charge < -0.3 is 5.73 Å². The second-order valence-corrected chi connectivity index (χ2v) is 4.58. The summed E-state index contributed by atoms with van der Waals surface area (Å²) in [5.74, 6) is -0.0629. The van der Waals surface area contributed by atoms with E-state index in [9.17, 15) is 9.59 Å². The number of H-pyrrole nitrogens is 1. The largest absolute Gasteiger partial charge is 0.366 e. The van der Waals surface area contributed by atoms with Crippen molar-refractivity contribution in [1.82, 2.24) is 24.8 Å². The molecule has 0 aliphatic heterocycles. The molecule has 3 N–H and O–H groups in total. The second kappa shape index (κ2) is 5.60. The summed E-state index contributed by atoms with van der Waals surface area (Å²) in [6.07, 6.45) is 2.98. The van der Waals surface area contributed by atoms with Gasteiger partial charge in [0.05, 0.1) is 6.42 Å². The zero-order valence-electron chi connectivity index (χ0n) is 11.4. The number of carbonyl (C=O) groups is 1. The Morgan fingerprint density at radius 1 is 1.27 bits per heavy atom. The van der Waals surface area contributed by atoms with Crippen LogP contribution in [-0.4, -0.2) is 30.6 Å². The van der Waals surface area contributed by atoms with Crippen LogP contribution < -0.4 is 11.3 Å². The summed E-state index contributed by atoms with van der Waals surface area (Å²) < 4.78 is 1.16. The maximum atomic E-state index is 11.9. The molecule has 0 amide bonds. The highest BCUT2D eigenvalue weighted by Crippen LogP contribution is 2.03. The lowest BCUT2D eigenvalue weighted by molar-refractivity contribution is -0.114. The summed E-state index contributed by atoms with van der Waals surface area (Å²) in [6.45, 7) is 0. The normalized spacial score (nSPS) is 11.3. The number of aromatic nitrogens is 5. The third kappa shape index (κ3) is 2.75. The molecule has 3 rings (SSSR count). The highest BCUT2D eigenvalue weighted by atomic mass is 16.1. The number of allylic oxidation sites excluding steroid dienone is 1. The van der Waals surface area contributed by atoms with Gasteiger partial charge in [-0.25, -0.2) is 4.98 Å². The van der Waals surface area contributed by atoms with Crippen LogP contribution in [0.15, 0.2) is 41.2 Å². The molecule has 8 heteroatoms. The van der Waals surface area contributed by atoms with E-state index in [2.05, 4.69) is 20.3 Å². The molecule has 110 valence electrons. The molecule has 0 aliphatic carbocycles. The van der Waals surface area contributed by atoms with Crippen molar-refractivity contribution in [3.63, 3.8) is 0 Å². The molecule has 1 aromatic carbocycles. The number of fused-ring (bicyclic) bond motifs is 1. The lowest BCUT2D eigenvalue weighted by Gasteiger charge is -1.98. The van der Waals surface area contributed by atoms with Gasteiger partial charge in [-0.2, -0.15) is 4.52 Å². The maximum Gasteiger partial charge on any atom is 0.285 e. The van der Waals surface area contributed by atoms with Crippen molar-refractivity contribution in [2.45, 2.75) is 6.42 Å². The Labute approximate surface area is 124 Å². The summed E-state index contributed by atoms with van der Waals surface area (Å²) in [5, 5.41) is 9.75. The van der Waals surface area contributed by atoms with Gasteiger partial charge in [-0.05, 0) is 11.6 Å². The number of nitrogen functional groups attached to an aromatic ring is 1. The average molecular weight is 296 g/mol. The molecule has 0 unspecified atom stereocenters. The van der Waals surface area contributed by atoms with Crippen LogP contribution in [0.2, 0.25) is 0 Å². The highest BCUT2D eigenvalue weighted by molar-refractivity contribution is 5.94. The molecular weight excluding hydrogens is 284 g/mol. The van der Waals surface area contributed by atoms with Crippen molar-refractivity contribution in [1.29, 1.82) is 0 Å². The number of nitrogens with two attached hydrogens (primary N) is 1. The predicted molar refractivity (Wildman–Crippen MR) is 80.0 cm³/mol. The van der Waals surface area contributed by atoms with Gasteiger partial charge in [-0.15, -0.1) is 10.2 Å². The van der Waals surface area contributed by atoms with Gasteiger partial charge in [-0.1, -0.05) is 36.4 Å². The van der Waals surface area contributed by atoms with Crippen molar-refractivity contribution in [3.05, 3.63) is 58.0 Å².